The first-order valence-corrected chi connectivity index (χ1v) is 7.13. The predicted molar refractivity (Wildman–Crippen MR) is 75.4 cm³/mol. The Balaban J connectivity index is 0.00000192. The zero-order chi connectivity index (χ0) is 15.7. The van der Waals surface area contributed by atoms with Crippen molar-refractivity contribution in [1.82, 2.24) is 0 Å². The van der Waals surface area contributed by atoms with Gasteiger partial charge in [0.25, 0.3) is 0 Å². The Hall–Kier alpha value is -1.62. The predicted octanol–water partition coefficient (Wildman–Crippen LogP) is -2.70. The summed E-state index contributed by atoms with van der Waals surface area (Å²) in [5, 5.41) is 23.2. The third kappa shape index (κ3) is 3.20. The van der Waals surface area contributed by atoms with Gasteiger partial charge in [0.05, 0.1) is 0 Å². The van der Waals surface area contributed by atoms with Gasteiger partial charge in [0.15, 0.2) is 0 Å². The number of hydrogen-bond acceptors (Lipinski definition) is 4. The van der Waals surface area contributed by atoms with Gasteiger partial charge in [0.2, 0.25) is 0 Å². The second-order valence-electron chi connectivity index (χ2n) is 5.56. The molecule has 3 rings (SSSR count). The van der Waals surface area contributed by atoms with E-state index in [1.165, 1.54) is 0 Å². The van der Waals surface area contributed by atoms with Gasteiger partial charge < -0.3 is 19.8 Å². The monoisotopic (exact) mass is 317 g/mol. The van der Waals surface area contributed by atoms with Gasteiger partial charge in [-0.25, -0.2) is 0 Å². The number of carbonyl (C=O) groups is 2. The van der Waals surface area contributed by atoms with Crippen LogP contribution in [0.4, 0.5) is 0 Å². The maximum absolute atomic E-state index is 11.6. The molecule has 0 bridgehead atoms. The average Bonchev–Trinajstić information content (AvgIpc) is 2.47. The number of rotatable bonds is 4. The fourth-order valence-electron chi connectivity index (χ4n) is 3.51. The van der Waals surface area contributed by atoms with Crippen molar-refractivity contribution in [3.8, 4) is 0 Å². The van der Waals surface area contributed by atoms with Gasteiger partial charge >= 0.3 is 29.6 Å². The first-order chi connectivity index (χ1) is 10.6. The molecule has 0 saturated heterocycles. The second-order valence-corrected chi connectivity index (χ2v) is 5.56. The number of hydrogen-bond donors (Lipinski definition) is 0. The van der Waals surface area contributed by atoms with Gasteiger partial charge in [0.1, 0.15) is 0 Å². The minimum Gasteiger partial charge on any atom is -0.550 e. The van der Waals surface area contributed by atoms with Crippen molar-refractivity contribution in [1.29, 1.82) is 0 Å². The van der Waals surface area contributed by atoms with E-state index in [4.69, 9.17) is 0 Å². The maximum Gasteiger partial charge on any atom is 1.00 e. The molecule has 1 aliphatic carbocycles. The number of carboxylic acid groups (broad SMARTS) is 2. The molecular weight excluding hydrogens is 303 g/mol. The molecule has 1 saturated carbocycles. The molecular formula is C18H14NaO4-. The summed E-state index contributed by atoms with van der Waals surface area (Å²) in [4.78, 5) is 23.2. The molecule has 0 atom stereocenters. The molecule has 0 N–H and O–H groups in total. The van der Waals surface area contributed by atoms with E-state index in [1.54, 1.807) is 60.7 Å². The van der Waals surface area contributed by atoms with Crippen LogP contribution in [-0.2, 0) is 9.59 Å². The molecule has 112 valence electrons. The smallest absolute Gasteiger partial charge is 0.550 e. The molecule has 5 heteroatoms. The Bertz CT molecular complexity index is 617. The SMILES string of the molecule is O=C([O-])C1C(c2ccccc2)C(C(=O)[O-])C1c1ccccc1.[Na+]. The molecule has 0 amide bonds. The summed E-state index contributed by atoms with van der Waals surface area (Å²) in [6.45, 7) is 0. The van der Waals surface area contributed by atoms with Crippen LogP contribution in [0.3, 0.4) is 0 Å². The number of carboxylic acids is 2. The molecule has 0 aromatic heterocycles. The second kappa shape index (κ2) is 7.30. The summed E-state index contributed by atoms with van der Waals surface area (Å²) >= 11 is 0. The third-order valence-corrected chi connectivity index (χ3v) is 4.46. The molecule has 2 aromatic rings. The minimum atomic E-state index is -1.22. The molecule has 2 aromatic carbocycles. The van der Waals surface area contributed by atoms with E-state index < -0.39 is 35.6 Å². The van der Waals surface area contributed by atoms with Crippen molar-refractivity contribution in [2.75, 3.05) is 0 Å². The molecule has 1 aliphatic rings. The van der Waals surface area contributed by atoms with Gasteiger partial charge in [0, 0.05) is 35.6 Å². The van der Waals surface area contributed by atoms with Gasteiger partial charge in [-0.3, -0.25) is 0 Å². The Kier molecular flexibility index (Phi) is 5.63. The van der Waals surface area contributed by atoms with Crippen LogP contribution >= 0.6 is 0 Å². The molecule has 0 heterocycles. The summed E-state index contributed by atoms with van der Waals surface area (Å²) in [5.74, 6) is -5.43. The first-order valence-electron chi connectivity index (χ1n) is 7.13. The topological polar surface area (TPSA) is 80.3 Å². The molecule has 0 unspecified atom stereocenters. The van der Waals surface area contributed by atoms with Crippen LogP contribution in [0.15, 0.2) is 60.7 Å². The summed E-state index contributed by atoms with van der Waals surface area (Å²) in [5.41, 5.74) is 1.39. The number of benzene rings is 2. The van der Waals surface area contributed by atoms with Gasteiger partial charge in [-0.2, -0.15) is 0 Å². The quantitative estimate of drug-likeness (QED) is 0.575. The van der Waals surface area contributed by atoms with Crippen LogP contribution in [0, 0.1) is 11.8 Å². The fourth-order valence-corrected chi connectivity index (χ4v) is 3.51. The molecule has 23 heavy (non-hydrogen) atoms. The van der Waals surface area contributed by atoms with Crippen molar-refractivity contribution >= 4 is 11.9 Å². The van der Waals surface area contributed by atoms with E-state index in [-0.39, 0.29) is 29.6 Å². The van der Waals surface area contributed by atoms with Crippen LogP contribution in [0.1, 0.15) is 23.0 Å². The van der Waals surface area contributed by atoms with Gasteiger partial charge in [-0.05, 0) is 11.1 Å². The number of aliphatic carboxylic acids is 2. The van der Waals surface area contributed by atoms with Crippen LogP contribution in [0.5, 0.6) is 0 Å². The maximum atomic E-state index is 11.6. The van der Waals surface area contributed by atoms with Crippen molar-refractivity contribution in [3.63, 3.8) is 0 Å². The Labute approximate surface area is 156 Å². The molecule has 1 fully saturated rings. The summed E-state index contributed by atoms with van der Waals surface area (Å²) in [6.07, 6.45) is 0. The Morgan fingerprint density at radius 1 is 0.652 bits per heavy atom. The average molecular weight is 317 g/mol. The van der Waals surface area contributed by atoms with Crippen molar-refractivity contribution in [2.45, 2.75) is 11.8 Å². The van der Waals surface area contributed by atoms with Crippen molar-refractivity contribution in [2.24, 2.45) is 11.8 Å². The molecule has 4 nitrogen and oxygen atoms in total. The van der Waals surface area contributed by atoms with Crippen molar-refractivity contribution in [3.05, 3.63) is 71.8 Å². The van der Waals surface area contributed by atoms with E-state index in [9.17, 15) is 19.8 Å². The Morgan fingerprint density at radius 3 is 1.22 bits per heavy atom. The van der Waals surface area contributed by atoms with E-state index in [1.807, 2.05) is 0 Å². The van der Waals surface area contributed by atoms with E-state index in [0.717, 1.165) is 0 Å². The zero-order valence-electron chi connectivity index (χ0n) is 12.7. The molecule has 0 spiro atoms. The molecule has 0 aliphatic heterocycles. The minimum absolute atomic E-state index is 0. The summed E-state index contributed by atoms with van der Waals surface area (Å²) < 4.78 is 0. The van der Waals surface area contributed by atoms with Crippen LogP contribution in [0.25, 0.3) is 0 Å². The van der Waals surface area contributed by atoms with Crippen molar-refractivity contribution < 1.29 is 49.4 Å². The zero-order valence-corrected chi connectivity index (χ0v) is 14.7. The van der Waals surface area contributed by atoms with Crippen LogP contribution in [0.2, 0.25) is 0 Å². The van der Waals surface area contributed by atoms with E-state index in [2.05, 4.69) is 0 Å². The summed E-state index contributed by atoms with van der Waals surface area (Å²) in [7, 11) is 0. The fraction of sp³-hybridized carbons (Fsp3) is 0.222. The standard InChI is InChI=1S/C18H16O4.Na/c19-17(20)15-13(11-7-3-1-4-8-11)16(18(21)22)14(15)12-9-5-2-6-10-12;/h1-10,13-16H,(H,19,20)(H,21,22);/q;+1/p-2. The van der Waals surface area contributed by atoms with Crippen LogP contribution < -0.4 is 39.8 Å². The van der Waals surface area contributed by atoms with Crippen LogP contribution in [-0.4, -0.2) is 11.9 Å². The van der Waals surface area contributed by atoms with E-state index in [0.29, 0.717) is 11.1 Å². The Morgan fingerprint density at radius 2 is 0.957 bits per heavy atom. The summed E-state index contributed by atoms with van der Waals surface area (Å²) in [6, 6.07) is 17.7. The third-order valence-electron chi connectivity index (χ3n) is 4.46. The number of carbonyl (C=O) groups excluding carboxylic acids is 2. The van der Waals surface area contributed by atoms with E-state index >= 15 is 0 Å². The largest absolute Gasteiger partial charge is 1.00 e. The first kappa shape index (κ1) is 17.7. The van der Waals surface area contributed by atoms with Gasteiger partial charge in [-0.15, -0.1) is 0 Å². The molecule has 0 radical (unpaired) electrons. The normalized spacial score (nSPS) is 25.7. The van der Waals surface area contributed by atoms with Gasteiger partial charge in [-0.1, -0.05) is 60.7 Å².